The van der Waals surface area contributed by atoms with Gasteiger partial charge in [-0.1, -0.05) is 41.9 Å². The summed E-state index contributed by atoms with van der Waals surface area (Å²) in [6.07, 6.45) is -2.11. The van der Waals surface area contributed by atoms with Gasteiger partial charge >= 0.3 is 18.2 Å². The number of benzene rings is 2. The van der Waals surface area contributed by atoms with Crippen molar-refractivity contribution in [3.05, 3.63) is 64.9 Å². The van der Waals surface area contributed by atoms with E-state index in [4.69, 9.17) is 21.1 Å². The third kappa shape index (κ3) is 6.07. The highest BCUT2D eigenvalue weighted by atomic mass is 35.5. The number of nitrogens with zero attached hydrogens (tertiary/aromatic N) is 3. The molecular weight excluding hydrogens is 481 g/mol. The first-order valence-electron chi connectivity index (χ1n) is 10.7. The summed E-state index contributed by atoms with van der Waals surface area (Å²) in [5.41, 5.74) is -0.0284. The Kier molecular flexibility index (Phi) is 7.64. The van der Waals surface area contributed by atoms with E-state index in [0.29, 0.717) is 15.4 Å². The molecule has 2 aromatic carbocycles. The van der Waals surface area contributed by atoms with Gasteiger partial charge in [0.1, 0.15) is 24.1 Å². The highest BCUT2D eigenvalue weighted by molar-refractivity contribution is 6.31. The number of hydrogen-bond acceptors (Lipinski definition) is 6. The Bertz CT molecular complexity index is 1140. The Morgan fingerprint density at radius 1 is 1.11 bits per heavy atom. The predicted octanol–water partition coefficient (Wildman–Crippen LogP) is 4.82. The van der Waals surface area contributed by atoms with Crippen LogP contribution < -0.4 is 4.90 Å². The van der Waals surface area contributed by atoms with Gasteiger partial charge in [0.2, 0.25) is 0 Å². The summed E-state index contributed by atoms with van der Waals surface area (Å²) in [5.74, 6) is -1.39. The molecule has 0 radical (unpaired) electrons. The van der Waals surface area contributed by atoms with Crippen LogP contribution in [0.4, 0.5) is 24.5 Å². The third-order valence-electron chi connectivity index (χ3n) is 5.03. The Labute approximate surface area is 206 Å². The summed E-state index contributed by atoms with van der Waals surface area (Å²) in [6.45, 7) is 4.25. The molecule has 1 atom stereocenters. The average molecular weight is 506 g/mol. The van der Waals surface area contributed by atoms with Crippen molar-refractivity contribution in [2.24, 2.45) is 0 Å². The van der Waals surface area contributed by atoms with Crippen molar-refractivity contribution in [1.82, 2.24) is 9.80 Å². The van der Waals surface area contributed by atoms with Crippen LogP contribution >= 0.6 is 11.6 Å². The molecule has 3 rings (SSSR count). The van der Waals surface area contributed by atoms with Gasteiger partial charge in [0.15, 0.2) is 0 Å². The first kappa shape index (κ1) is 26.0. The Hall–Kier alpha value is -3.66. The number of urea groups is 1. The molecule has 0 aromatic heterocycles. The van der Waals surface area contributed by atoms with Crippen LogP contribution in [0.1, 0.15) is 26.3 Å². The molecule has 0 bridgehead atoms. The minimum Gasteiger partial charge on any atom is -0.444 e. The average Bonchev–Trinajstić information content (AvgIpc) is 3.15. The normalized spacial score (nSPS) is 15.7. The number of anilines is 1. The number of carbonyl (C=O) groups is 4. The fourth-order valence-electron chi connectivity index (χ4n) is 3.29. The maximum atomic E-state index is 13.6. The lowest BCUT2D eigenvalue weighted by Gasteiger charge is -2.25. The van der Waals surface area contributed by atoms with Crippen molar-refractivity contribution in [2.45, 2.75) is 39.0 Å². The zero-order chi connectivity index (χ0) is 25.9. The van der Waals surface area contributed by atoms with Gasteiger partial charge in [-0.15, -0.1) is 0 Å². The number of likely N-dealkylation sites (N-methyl/N-ethyl adjacent to an activating group) is 1. The van der Waals surface area contributed by atoms with E-state index in [9.17, 15) is 23.6 Å². The molecule has 0 spiro atoms. The second kappa shape index (κ2) is 10.3. The Morgan fingerprint density at radius 2 is 1.77 bits per heavy atom. The molecule has 1 heterocycles. The lowest BCUT2D eigenvalue weighted by molar-refractivity contribution is -0.121. The summed E-state index contributed by atoms with van der Waals surface area (Å²) in [5, 5.41) is -0.209. The number of amides is 5. The van der Waals surface area contributed by atoms with Crippen LogP contribution in [0.25, 0.3) is 0 Å². The molecular formula is C24H25ClFN3O6. The Balaban J connectivity index is 1.87. The van der Waals surface area contributed by atoms with Crippen molar-refractivity contribution < 1.29 is 33.0 Å². The van der Waals surface area contributed by atoms with E-state index in [-0.39, 0.29) is 17.3 Å². The van der Waals surface area contributed by atoms with Crippen LogP contribution in [-0.4, -0.2) is 59.2 Å². The van der Waals surface area contributed by atoms with Crippen LogP contribution in [0.2, 0.25) is 5.02 Å². The van der Waals surface area contributed by atoms with Crippen molar-refractivity contribution in [2.75, 3.05) is 18.5 Å². The standard InChI is InChI=1S/C24H25ClFN3O6/c1-24(2,3)35-22(32)28-13-19(20(30)27(4)16-10-11-18(26)17(25)12-16)29(21(28)31)23(33)34-14-15-8-6-5-7-9-15/h5-12,19H,13-14H2,1-4H3. The highest BCUT2D eigenvalue weighted by Crippen LogP contribution is 2.26. The van der Waals surface area contributed by atoms with Crippen molar-refractivity contribution >= 4 is 41.4 Å². The highest BCUT2D eigenvalue weighted by Gasteiger charge is 2.50. The monoisotopic (exact) mass is 505 g/mol. The number of hydrogen-bond donors (Lipinski definition) is 0. The maximum Gasteiger partial charge on any atom is 0.419 e. The van der Waals surface area contributed by atoms with E-state index in [1.165, 1.54) is 19.2 Å². The number of imide groups is 2. The number of halogens is 2. The summed E-state index contributed by atoms with van der Waals surface area (Å²) in [6, 6.07) is 9.91. The number of ether oxygens (including phenoxy) is 2. The molecule has 2 aromatic rings. The molecule has 0 aliphatic carbocycles. The van der Waals surface area contributed by atoms with E-state index in [1.807, 2.05) is 0 Å². The van der Waals surface area contributed by atoms with Crippen LogP contribution in [0, 0.1) is 5.82 Å². The quantitative estimate of drug-likeness (QED) is 0.591. The molecule has 1 unspecified atom stereocenters. The number of carbonyl (C=O) groups excluding carboxylic acids is 4. The molecule has 9 nitrogen and oxygen atoms in total. The van der Waals surface area contributed by atoms with Gasteiger partial charge < -0.3 is 14.4 Å². The zero-order valence-electron chi connectivity index (χ0n) is 19.7. The maximum absolute atomic E-state index is 13.6. The Morgan fingerprint density at radius 3 is 2.37 bits per heavy atom. The third-order valence-corrected chi connectivity index (χ3v) is 5.32. The van der Waals surface area contributed by atoms with Gasteiger partial charge in [0.05, 0.1) is 11.6 Å². The van der Waals surface area contributed by atoms with Crippen LogP contribution in [0.15, 0.2) is 48.5 Å². The fourth-order valence-corrected chi connectivity index (χ4v) is 3.47. The van der Waals surface area contributed by atoms with Crippen LogP contribution in [-0.2, 0) is 20.9 Å². The first-order valence-corrected chi connectivity index (χ1v) is 11.0. The van der Waals surface area contributed by atoms with E-state index < -0.39 is 48.1 Å². The molecule has 0 saturated carbocycles. The molecule has 186 valence electrons. The van der Waals surface area contributed by atoms with Gasteiger partial charge in [-0.2, -0.15) is 0 Å². The van der Waals surface area contributed by atoms with Gasteiger partial charge in [-0.3, -0.25) is 4.79 Å². The minimum absolute atomic E-state index is 0.153. The predicted molar refractivity (Wildman–Crippen MR) is 125 cm³/mol. The minimum atomic E-state index is -1.41. The van der Waals surface area contributed by atoms with E-state index in [1.54, 1.807) is 51.1 Å². The van der Waals surface area contributed by atoms with Gasteiger partial charge in [-0.25, -0.2) is 28.6 Å². The molecule has 1 aliphatic rings. The smallest absolute Gasteiger partial charge is 0.419 e. The summed E-state index contributed by atoms with van der Waals surface area (Å²) in [7, 11) is 1.37. The summed E-state index contributed by atoms with van der Waals surface area (Å²) in [4.78, 5) is 54.3. The van der Waals surface area contributed by atoms with E-state index in [0.717, 1.165) is 11.0 Å². The fraction of sp³-hybridized carbons (Fsp3) is 0.333. The second-order valence-corrected chi connectivity index (χ2v) is 9.20. The molecule has 1 saturated heterocycles. The van der Waals surface area contributed by atoms with Crippen molar-refractivity contribution in [3.8, 4) is 0 Å². The lowest BCUT2D eigenvalue weighted by Crippen LogP contribution is -2.49. The molecule has 0 N–H and O–H groups in total. The molecule has 1 aliphatic heterocycles. The van der Waals surface area contributed by atoms with Crippen LogP contribution in [0.3, 0.4) is 0 Å². The lowest BCUT2D eigenvalue weighted by atomic mass is 10.2. The zero-order valence-corrected chi connectivity index (χ0v) is 20.4. The molecule has 5 amide bonds. The SMILES string of the molecule is CN(C(=O)C1CN(C(=O)OC(C)(C)C)C(=O)N1C(=O)OCc1ccccc1)c1ccc(F)c(Cl)c1. The van der Waals surface area contributed by atoms with E-state index in [2.05, 4.69) is 0 Å². The van der Waals surface area contributed by atoms with Gasteiger partial charge in [0, 0.05) is 12.7 Å². The summed E-state index contributed by atoms with van der Waals surface area (Å²) < 4.78 is 24.1. The van der Waals surface area contributed by atoms with Crippen LogP contribution in [0.5, 0.6) is 0 Å². The first-order chi connectivity index (χ1) is 16.4. The second-order valence-electron chi connectivity index (χ2n) is 8.80. The van der Waals surface area contributed by atoms with Gasteiger partial charge in [0.25, 0.3) is 5.91 Å². The van der Waals surface area contributed by atoms with Gasteiger partial charge in [-0.05, 0) is 44.5 Å². The van der Waals surface area contributed by atoms with Crippen molar-refractivity contribution in [3.63, 3.8) is 0 Å². The molecule has 1 fully saturated rings. The molecule has 35 heavy (non-hydrogen) atoms. The van der Waals surface area contributed by atoms with Crippen molar-refractivity contribution in [1.29, 1.82) is 0 Å². The number of rotatable bonds is 4. The topological polar surface area (TPSA) is 96.5 Å². The molecule has 11 heteroatoms. The largest absolute Gasteiger partial charge is 0.444 e. The summed E-state index contributed by atoms with van der Waals surface area (Å²) >= 11 is 5.83. The van der Waals surface area contributed by atoms with E-state index >= 15 is 0 Å².